The molecule has 134 valence electrons. The molecule has 2 aromatic carbocycles. The molecular formula is C20H20N2O4. The Kier molecular flexibility index (Phi) is 5.31. The zero-order valence-corrected chi connectivity index (χ0v) is 14.6. The lowest BCUT2D eigenvalue weighted by Crippen LogP contribution is -2.37. The number of hydrogen-bond donors (Lipinski definition) is 0. The summed E-state index contributed by atoms with van der Waals surface area (Å²) in [5.41, 5.74) is 2.99. The SMILES string of the molecule is Cc1cc(OCC(=O)N2CC=C(c3ccccc3)CC2)ccc1[N+](=O)[O-]. The van der Waals surface area contributed by atoms with Gasteiger partial charge in [-0.05, 0) is 36.6 Å². The van der Waals surface area contributed by atoms with E-state index in [-0.39, 0.29) is 18.2 Å². The minimum Gasteiger partial charge on any atom is -0.484 e. The van der Waals surface area contributed by atoms with Crippen molar-refractivity contribution in [1.82, 2.24) is 4.90 Å². The first-order chi connectivity index (χ1) is 12.5. The number of hydrogen-bond acceptors (Lipinski definition) is 4. The van der Waals surface area contributed by atoms with E-state index in [2.05, 4.69) is 18.2 Å². The Bertz CT molecular complexity index is 846. The predicted molar refractivity (Wildman–Crippen MR) is 98.9 cm³/mol. The number of aryl methyl sites for hydroxylation is 1. The van der Waals surface area contributed by atoms with Crippen LogP contribution in [0.25, 0.3) is 5.57 Å². The Morgan fingerprint density at radius 1 is 1.23 bits per heavy atom. The van der Waals surface area contributed by atoms with Gasteiger partial charge in [0.25, 0.3) is 11.6 Å². The van der Waals surface area contributed by atoms with Crippen LogP contribution in [0, 0.1) is 17.0 Å². The summed E-state index contributed by atoms with van der Waals surface area (Å²) >= 11 is 0. The molecule has 0 saturated carbocycles. The topological polar surface area (TPSA) is 72.7 Å². The maximum atomic E-state index is 12.3. The minimum absolute atomic E-state index is 0.0401. The van der Waals surface area contributed by atoms with Gasteiger partial charge in [0.2, 0.25) is 0 Å². The first kappa shape index (κ1) is 17.7. The van der Waals surface area contributed by atoms with Crippen molar-refractivity contribution in [2.24, 2.45) is 0 Å². The Balaban J connectivity index is 1.56. The van der Waals surface area contributed by atoms with Crippen LogP contribution in [-0.2, 0) is 4.79 Å². The standard InChI is InChI=1S/C20H20N2O4/c1-15-13-18(7-8-19(15)22(24)25)26-14-20(23)21-11-9-17(10-12-21)16-5-3-2-4-6-16/h2-9,13H,10-12,14H2,1H3. The van der Waals surface area contributed by atoms with E-state index in [0.29, 0.717) is 24.4 Å². The van der Waals surface area contributed by atoms with Gasteiger partial charge >= 0.3 is 0 Å². The Morgan fingerprint density at radius 2 is 2.00 bits per heavy atom. The second-order valence-corrected chi connectivity index (χ2v) is 6.18. The summed E-state index contributed by atoms with van der Waals surface area (Å²) in [5, 5.41) is 10.8. The van der Waals surface area contributed by atoms with Gasteiger partial charge in [0.05, 0.1) is 4.92 Å². The van der Waals surface area contributed by atoms with Gasteiger partial charge in [-0.1, -0.05) is 36.4 Å². The minimum atomic E-state index is -0.436. The molecule has 6 heteroatoms. The number of carbonyl (C=O) groups is 1. The van der Waals surface area contributed by atoms with E-state index in [9.17, 15) is 14.9 Å². The number of nitro groups is 1. The molecule has 1 heterocycles. The quantitative estimate of drug-likeness (QED) is 0.609. The number of amides is 1. The number of carbonyl (C=O) groups excluding carboxylic acids is 1. The lowest BCUT2D eigenvalue weighted by molar-refractivity contribution is -0.385. The van der Waals surface area contributed by atoms with Gasteiger partial charge in [0.15, 0.2) is 6.61 Å². The van der Waals surface area contributed by atoms with E-state index in [0.717, 1.165) is 6.42 Å². The summed E-state index contributed by atoms with van der Waals surface area (Å²) in [7, 11) is 0. The van der Waals surface area contributed by atoms with Gasteiger partial charge in [-0.2, -0.15) is 0 Å². The number of nitro benzene ring substituents is 1. The van der Waals surface area contributed by atoms with Crippen LogP contribution >= 0.6 is 0 Å². The largest absolute Gasteiger partial charge is 0.484 e. The molecule has 2 aromatic rings. The van der Waals surface area contributed by atoms with Gasteiger partial charge in [0, 0.05) is 24.7 Å². The van der Waals surface area contributed by atoms with Gasteiger partial charge in [0.1, 0.15) is 5.75 Å². The summed E-state index contributed by atoms with van der Waals surface area (Å²) in [6, 6.07) is 14.6. The highest BCUT2D eigenvalue weighted by molar-refractivity contribution is 5.79. The van der Waals surface area contributed by atoms with Crippen LogP contribution in [0.2, 0.25) is 0 Å². The molecule has 0 N–H and O–H groups in total. The second-order valence-electron chi connectivity index (χ2n) is 6.18. The van der Waals surface area contributed by atoms with Crippen molar-refractivity contribution in [2.45, 2.75) is 13.3 Å². The summed E-state index contributed by atoms with van der Waals surface area (Å²) in [4.78, 5) is 24.5. The molecular weight excluding hydrogens is 332 g/mol. The fourth-order valence-corrected chi connectivity index (χ4v) is 2.97. The monoisotopic (exact) mass is 352 g/mol. The molecule has 26 heavy (non-hydrogen) atoms. The average Bonchev–Trinajstić information content (AvgIpc) is 2.66. The molecule has 1 aliphatic heterocycles. The van der Waals surface area contributed by atoms with Crippen LogP contribution in [0.3, 0.4) is 0 Å². The van der Waals surface area contributed by atoms with Crippen LogP contribution in [0.4, 0.5) is 5.69 Å². The molecule has 0 bridgehead atoms. The molecule has 0 fully saturated rings. The van der Waals surface area contributed by atoms with Crippen LogP contribution < -0.4 is 4.74 Å². The third kappa shape index (κ3) is 4.08. The van der Waals surface area contributed by atoms with Crippen molar-refractivity contribution in [3.05, 3.63) is 75.8 Å². The number of benzene rings is 2. The highest BCUT2D eigenvalue weighted by Crippen LogP contribution is 2.24. The molecule has 0 atom stereocenters. The third-order valence-electron chi connectivity index (χ3n) is 4.43. The highest BCUT2D eigenvalue weighted by Gasteiger charge is 2.19. The van der Waals surface area contributed by atoms with Crippen LogP contribution in [0.15, 0.2) is 54.6 Å². The highest BCUT2D eigenvalue weighted by atomic mass is 16.6. The normalized spacial score (nSPS) is 13.9. The zero-order chi connectivity index (χ0) is 18.5. The van der Waals surface area contributed by atoms with E-state index in [1.807, 2.05) is 18.2 Å². The Hall–Kier alpha value is -3.15. The van der Waals surface area contributed by atoms with Gasteiger partial charge in [-0.3, -0.25) is 14.9 Å². The molecule has 0 saturated heterocycles. The molecule has 3 rings (SSSR count). The first-order valence-electron chi connectivity index (χ1n) is 8.44. The van der Waals surface area contributed by atoms with Crippen molar-refractivity contribution in [1.29, 1.82) is 0 Å². The van der Waals surface area contributed by atoms with Gasteiger partial charge in [-0.15, -0.1) is 0 Å². The predicted octanol–water partition coefficient (Wildman–Crippen LogP) is 3.60. The third-order valence-corrected chi connectivity index (χ3v) is 4.43. The fraction of sp³-hybridized carbons (Fsp3) is 0.250. The van der Waals surface area contributed by atoms with Crippen molar-refractivity contribution in [2.75, 3.05) is 19.7 Å². The van der Waals surface area contributed by atoms with E-state index >= 15 is 0 Å². The van der Waals surface area contributed by atoms with Crippen molar-refractivity contribution >= 4 is 17.2 Å². The lowest BCUT2D eigenvalue weighted by atomic mass is 10.00. The number of nitrogens with zero attached hydrogens (tertiary/aromatic N) is 2. The average molecular weight is 352 g/mol. The summed E-state index contributed by atoms with van der Waals surface area (Å²) < 4.78 is 5.51. The van der Waals surface area contributed by atoms with Crippen molar-refractivity contribution < 1.29 is 14.5 Å². The smallest absolute Gasteiger partial charge is 0.272 e. The van der Waals surface area contributed by atoms with Gasteiger partial charge < -0.3 is 9.64 Å². The molecule has 0 radical (unpaired) electrons. The van der Waals surface area contributed by atoms with Crippen molar-refractivity contribution in [3.8, 4) is 5.75 Å². The van der Waals surface area contributed by atoms with Crippen LogP contribution in [-0.4, -0.2) is 35.4 Å². The molecule has 0 aromatic heterocycles. The van der Waals surface area contributed by atoms with E-state index < -0.39 is 4.92 Å². The molecule has 0 spiro atoms. The van der Waals surface area contributed by atoms with E-state index in [1.165, 1.54) is 23.3 Å². The summed E-state index contributed by atoms with van der Waals surface area (Å²) in [6.07, 6.45) is 2.89. The molecule has 1 amide bonds. The number of ether oxygens (including phenoxy) is 1. The summed E-state index contributed by atoms with van der Waals surface area (Å²) in [6.45, 7) is 2.78. The zero-order valence-electron chi connectivity index (χ0n) is 14.6. The molecule has 1 aliphatic rings. The molecule has 0 unspecified atom stereocenters. The molecule has 0 aliphatic carbocycles. The molecule has 6 nitrogen and oxygen atoms in total. The number of rotatable bonds is 5. The first-order valence-corrected chi connectivity index (χ1v) is 8.44. The van der Waals surface area contributed by atoms with Crippen LogP contribution in [0.5, 0.6) is 5.75 Å². The maximum Gasteiger partial charge on any atom is 0.272 e. The Labute approximate surface area is 151 Å². The van der Waals surface area contributed by atoms with Gasteiger partial charge in [-0.25, -0.2) is 0 Å². The second kappa shape index (κ2) is 7.82. The van der Waals surface area contributed by atoms with Crippen LogP contribution in [0.1, 0.15) is 17.5 Å². The maximum absolute atomic E-state index is 12.3. The Morgan fingerprint density at radius 3 is 2.62 bits per heavy atom. The van der Waals surface area contributed by atoms with E-state index in [1.54, 1.807) is 17.9 Å². The lowest BCUT2D eigenvalue weighted by Gasteiger charge is -2.26. The van der Waals surface area contributed by atoms with Crippen molar-refractivity contribution in [3.63, 3.8) is 0 Å². The van der Waals surface area contributed by atoms with E-state index in [4.69, 9.17) is 4.74 Å². The summed E-state index contributed by atoms with van der Waals surface area (Å²) in [5.74, 6) is 0.364. The fourth-order valence-electron chi connectivity index (χ4n) is 2.97.